The molecule has 0 N–H and O–H groups in total. The summed E-state index contributed by atoms with van der Waals surface area (Å²) in [6.07, 6.45) is 0. The molecule has 0 fully saturated rings. The van der Waals surface area contributed by atoms with Gasteiger partial charge in [0.05, 0.1) is 0 Å². The van der Waals surface area contributed by atoms with Crippen molar-refractivity contribution in [3.05, 3.63) is 108 Å². The largest absolute Gasteiger partial charge is 0.376 e. The van der Waals surface area contributed by atoms with Gasteiger partial charge in [-0.05, 0) is 34.2 Å². The summed E-state index contributed by atoms with van der Waals surface area (Å²) in [4.78, 5) is 0. The van der Waals surface area contributed by atoms with Crippen LogP contribution in [0.15, 0.2) is 97.1 Å². The van der Waals surface area contributed by atoms with E-state index in [0.717, 1.165) is 0 Å². The first-order chi connectivity index (χ1) is 14.2. The minimum absolute atomic E-state index is 0.0115. The lowest BCUT2D eigenvalue weighted by Crippen LogP contribution is -2.58. The first-order valence-corrected chi connectivity index (χ1v) is 10.3. The molecule has 2 heteroatoms. The van der Waals surface area contributed by atoms with E-state index in [0.29, 0.717) is 0 Å². The molecule has 5 aromatic rings. The summed E-state index contributed by atoms with van der Waals surface area (Å²) < 4.78 is 2.55. The van der Waals surface area contributed by atoms with Crippen LogP contribution in [-0.2, 0) is 5.41 Å². The highest BCUT2D eigenvalue weighted by molar-refractivity contribution is 6.86. The van der Waals surface area contributed by atoms with Crippen molar-refractivity contribution in [1.29, 1.82) is 0 Å². The summed E-state index contributed by atoms with van der Waals surface area (Å²) in [7, 11) is 0. The predicted molar refractivity (Wildman–Crippen MR) is 125 cm³/mol. The van der Waals surface area contributed by atoms with E-state index < -0.39 is 0 Å². The summed E-state index contributed by atoms with van der Waals surface area (Å²) >= 11 is 0. The fourth-order valence-corrected chi connectivity index (χ4v) is 5.43. The summed E-state index contributed by atoms with van der Waals surface area (Å²) in [6.45, 7) is 4.87. The van der Waals surface area contributed by atoms with Crippen LogP contribution in [0.1, 0.15) is 25.0 Å². The second kappa shape index (κ2) is 5.87. The Kier molecular flexibility index (Phi) is 3.38. The second-order valence-electron chi connectivity index (χ2n) is 8.61. The van der Waals surface area contributed by atoms with Crippen molar-refractivity contribution in [3.63, 3.8) is 0 Å². The van der Waals surface area contributed by atoms with E-state index in [9.17, 15) is 0 Å². The fraction of sp³-hybridized carbons (Fsp3) is 0.111. The lowest BCUT2D eigenvalue weighted by Gasteiger charge is -2.39. The average molecular weight is 371 g/mol. The third-order valence-electron chi connectivity index (χ3n) is 6.73. The van der Waals surface area contributed by atoms with Gasteiger partial charge in [0.1, 0.15) is 0 Å². The van der Waals surface area contributed by atoms with Crippen LogP contribution in [0.4, 0.5) is 0 Å². The van der Waals surface area contributed by atoms with Gasteiger partial charge in [-0.15, -0.1) is 0 Å². The van der Waals surface area contributed by atoms with E-state index in [-0.39, 0.29) is 12.3 Å². The molecule has 1 aromatic heterocycles. The predicted octanol–water partition coefficient (Wildman–Crippen LogP) is 5.09. The second-order valence-corrected chi connectivity index (χ2v) is 8.61. The molecule has 2 heterocycles. The number of aromatic nitrogens is 1. The quantitative estimate of drug-likeness (QED) is 0.362. The van der Waals surface area contributed by atoms with Gasteiger partial charge < -0.3 is 4.48 Å². The van der Waals surface area contributed by atoms with Crippen molar-refractivity contribution in [3.8, 4) is 0 Å². The molecule has 0 radical (unpaired) electrons. The van der Waals surface area contributed by atoms with Crippen LogP contribution in [0, 0.1) is 0 Å². The van der Waals surface area contributed by atoms with E-state index in [1.165, 1.54) is 43.9 Å². The fourth-order valence-electron chi connectivity index (χ4n) is 5.43. The number of rotatable bonds is 1. The molecule has 4 aromatic carbocycles. The van der Waals surface area contributed by atoms with Crippen LogP contribution in [0.2, 0.25) is 0 Å². The van der Waals surface area contributed by atoms with Crippen LogP contribution < -0.4 is 10.9 Å². The van der Waals surface area contributed by atoms with Crippen LogP contribution >= 0.6 is 0 Å². The standard InChI is InChI=1S/C27H22BN/c1-27(2)21-13-5-7-15-23(21)28(24-16-8-6-14-22(24)27)29-25-17-9-3-11-19(25)20-12-4-10-18-26(20)29/h3-18H,1-2H3. The van der Waals surface area contributed by atoms with E-state index in [1.54, 1.807) is 0 Å². The van der Waals surface area contributed by atoms with Crippen molar-refractivity contribution < 1.29 is 0 Å². The minimum Gasteiger partial charge on any atom is -0.376 e. The van der Waals surface area contributed by atoms with Gasteiger partial charge in [-0.1, -0.05) is 98.8 Å². The van der Waals surface area contributed by atoms with E-state index in [1.807, 2.05) is 0 Å². The van der Waals surface area contributed by atoms with Crippen LogP contribution in [0.5, 0.6) is 0 Å². The molecular formula is C27H22BN. The Balaban J connectivity index is 1.79. The van der Waals surface area contributed by atoms with Gasteiger partial charge in [0.2, 0.25) is 0 Å². The Morgan fingerprint density at radius 2 is 0.966 bits per heavy atom. The molecular weight excluding hydrogens is 349 g/mol. The zero-order valence-electron chi connectivity index (χ0n) is 16.8. The molecule has 29 heavy (non-hydrogen) atoms. The van der Waals surface area contributed by atoms with Crippen molar-refractivity contribution in [2.75, 3.05) is 0 Å². The summed E-state index contributed by atoms with van der Waals surface area (Å²) in [5, 5.41) is 2.64. The van der Waals surface area contributed by atoms with Crippen molar-refractivity contribution in [2.45, 2.75) is 19.3 Å². The molecule has 0 saturated carbocycles. The number of benzene rings is 4. The number of para-hydroxylation sites is 2. The molecule has 1 nitrogen and oxygen atoms in total. The molecule has 1 aliphatic rings. The molecule has 0 unspecified atom stereocenters. The first-order valence-electron chi connectivity index (χ1n) is 10.3. The van der Waals surface area contributed by atoms with Crippen LogP contribution in [0.3, 0.4) is 0 Å². The third kappa shape index (κ3) is 2.17. The Bertz CT molecular complexity index is 1290. The maximum atomic E-state index is 2.55. The van der Waals surface area contributed by atoms with Gasteiger partial charge >= 0.3 is 6.85 Å². The summed E-state index contributed by atoms with van der Waals surface area (Å²) in [5.41, 5.74) is 8.23. The van der Waals surface area contributed by atoms with Gasteiger partial charge in [0.25, 0.3) is 0 Å². The molecule has 0 saturated heterocycles. The zero-order valence-corrected chi connectivity index (χ0v) is 16.8. The average Bonchev–Trinajstić information content (AvgIpc) is 3.09. The van der Waals surface area contributed by atoms with Gasteiger partial charge in [0, 0.05) is 27.2 Å². The maximum absolute atomic E-state index is 2.55. The monoisotopic (exact) mass is 371 g/mol. The molecule has 0 atom stereocenters. The number of nitrogens with zero attached hydrogens (tertiary/aromatic N) is 1. The van der Waals surface area contributed by atoms with Gasteiger partial charge in [-0.3, -0.25) is 0 Å². The molecule has 0 spiro atoms. The number of hydrogen-bond donors (Lipinski definition) is 0. The molecule has 138 valence electrons. The zero-order chi connectivity index (χ0) is 19.6. The Morgan fingerprint density at radius 1 is 0.552 bits per heavy atom. The number of fused-ring (bicyclic) bond motifs is 5. The Morgan fingerprint density at radius 3 is 1.48 bits per heavy atom. The summed E-state index contributed by atoms with van der Waals surface area (Å²) in [5.74, 6) is 0. The highest BCUT2D eigenvalue weighted by atomic mass is 14.9. The lowest BCUT2D eigenvalue weighted by molar-refractivity contribution is 0.645. The molecule has 0 bridgehead atoms. The van der Waals surface area contributed by atoms with Crippen molar-refractivity contribution in [2.24, 2.45) is 0 Å². The van der Waals surface area contributed by atoms with Crippen molar-refractivity contribution in [1.82, 2.24) is 4.48 Å². The maximum Gasteiger partial charge on any atom is 0.328 e. The van der Waals surface area contributed by atoms with E-state index in [2.05, 4.69) is 115 Å². The molecule has 0 aliphatic carbocycles. The number of hydrogen-bond acceptors (Lipinski definition) is 0. The lowest BCUT2D eigenvalue weighted by atomic mass is 9.41. The van der Waals surface area contributed by atoms with Gasteiger partial charge in [0.15, 0.2) is 0 Å². The third-order valence-corrected chi connectivity index (χ3v) is 6.73. The topological polar surface area (TPSA) is 4.93 Å². The van der Waals surface area contributed by atoms with E-state index >= 15 is 0 Å². The van der Waals surface area contributed by atoms with Crippen LogP contribution in [-0.4, -0.2) is 11.3 Å². The minimum atomic E-state index is -0.0115. The molecule has 6 rings (SSSR count). The highest BCUT2D eigenvalue weighted by Crippen LogP contribution is 2.35. The highest BCUT2D eigenvalue weighted by Gasteiger charge is 2.41. The Hall–Kier alpha value is -3.26. The first kappa shape index (κ1) is 16.7. The van der Waals surface area contributed by atoms with Gasteiger partial charge in [-0.2, -0.15) is 0 Å². The van der Waals surface area contributed by atoms with Gasteiger partial charge in [-0.25, -0.2) is 0 Å². The molecule has 1 aliphatic heterocycles. The SMILES string of the molecule is CC1(C)c2ccccc2B(n2c3ccccc3c3ccccc32)c2ccccc21. The summed E-state index contributed by atoms with van der Waals surface area (Å²) in [6, 6.07) is 35.6. The van der Waals surface area contributed by atoms with E-state index in [4.69, 9.17) is 0 Å². The Labute approximate surface area is 171 Å². The van der Waals surface area contributed by atoms with Crippen molar-refractivity contribution >= 4 is 39.6 Å². The normalized spacial score (nSPS) is 14.8. The smallest absolute Gasteiger partial charge is 0.328 e. The van der Waals surface area contributed by atoms with Crippen LogP contribution in [0.25, 0.3) is 21.8 Å². The molecule has 0 amide bonds.